The van der Waals surface area contributed by atoms with Gasteiger partial charge in [-0.2, -0.15) is 0 Å². The van der Waals surface area contributed by atoms with Gasteiger partial charge in [-0.05, 0) is 59.5 Å². The number of carbonyl (C=O) groups is 1. The Balaban J connectivity index is 1.70. The van der Waals surface area contributed by atoms with E-state index in [1.54, 1.807) is 11.3 Å². The summed E-state index contributed by atoms with van der Waals surface area (Å²) < 4.78 is 5.27. The van der Waals surface area contributed by atoms with E-state index in [2.05, 4.69) is 22.1 Å². The third-order valence-electron chi connectivity index (χ3n) is 3.94. The molecular weight excluding hydrogens is 298 g/mol. The molecule has 0 unspecified atom stereocenters. The highest BCUT2D eigenvalue weighted by molar-refractivity contribution is 7.09. The first kappa shape index (κ1) is 17.2. The summed E-state index contributed by atoms with van der Waals surface area (Å²) in [6, 6.07) is 0.389. The van der Waals surface area contributed by atoms with E-state index >= 15 is 0 Å². The summed E-state index contributed by atoms with van der Waals surface area (Å²) in [5.74, 6) is 0.535. The van der Waals surface area contributed by atoms with Gasteiger partial charge >= 0.3 is 6.09 Å². The van der Waals surface area contributed by atoms with Crippen molar-refractivity contribution in [1.82, 2.24) is 15.2 Å². The predicted molar refractivity (Wildman–Crippen MR) is 89.1 cm³/mol. The van der Waals surface area contributed by atoms with E-state index in [0.29, 0.717) is 18.5 Å². The van der Waals surface area contributed by atoms with Gasteiger partial charge in [0.1, 0.15) is 10.6 Å². The van der Waals surface area contributed by atoms with Crippen molar-refractivity contribution in [3.05, 3.63) is 16.6 Å². The number of aromatic nitrogens is 1. The molecule has 124 valence electrons. The zero-order valence-electron chi connectivity index (χ0n) is 14.0. The van der Waals surface area contributed by atoms with Gasteiger partial charge in [0.15, 0.2) is 0 Å². The Morgan fingerprint density at radius 1 is 1.50 bits per heavy atom. The summed E-state index contributed by atoms with van der Waals surface area (Å²) in [5.41, 5.74) is -0.434. The van der Waals surface area contributed by atoms with Crippen LogP contribution in [-0.2, 0) is 4.74 Å². The highest BCUT2D eigenvalue weighted by atomic mass is 32.1. The number of likely N-dealkylation sites (tertiary alicyclic amines) is 1. The van der Waals surface area contributed by atoms with Crippen LogP contribution >= 0.6 is 11.3 Å². The molecule has 0 saturated carbocycles. The summed E-state index contributed by atoms with van der Waals surface area (Å²) in [6.45, 7) is 10.7. The second-order valence-electron chi connectivity index (χ2n) is 6.91. The fraction of sp³-hybridized carbons (Fsp3) is 0.750. The number of ether oxygens (including phenoxy) is 1. The third kappa shape index (κ3) is 5.25. The maximum Gasteiger partial charge on any atom is 0.407 e. The predicted octanol–water partition coefficient (Wildman–Crippen LogP) is 3.44. The molecule has 1 N–H and O–H groups in total. The number of thiazole rings is 1. The van der Waals surface area contributed by atoms with Gasteiger partial charge in [-0.3, -0.25) is 4.90 Å². The standard InChI is InChI=1S/C16H27N3O2S/c1-12(14-17-7-10-22-14)19-8-5-13(6-9-19)11-18-15(20)21-16(2,3)4/h7,10,12-13H,5-6,8-9,11H2,1-4H3,(H,18,20)/t12-/m0/s1. The lowest BCUT2D eigenvalue weighted by Gasteiger charge is -2.35. The van der Waals surface area contributed by atoms with E-state index in [9.17, 15) is 4.79 Å². The van der Waals surface area contributed by atoms with Crippen molar-refractivity contribution in [3.63, 3.8) is 0 Å². The average Bonchev–Trinajstić information content (AvgIpc) is 2.97. The third-order valence-corrected chi connectivity index (χ3v) is 4.89. The summed E-state index contributed by atoms with van der Waals surface area (Å²) in [5, 5.41) is 6.11. The van der Waals surface area contributed by atoms with Gasteiger partial charge in [0, 0.05) is 18.1 Å². The molecule has 0 aliphatic carbocycles. The molecule has 5 nitrogen and oxygen atoms in total. The maximum atomic E-state index is 11.7. The number of nitrogens with one attached hydrogen (secondary N) is 1. The first-order valence-corrected chi connectivity index (χ1v) is 8.83. The van der Waals surface area contributed by atoms with Gasteiger partial charge in [0.25, 0.3) is 0 Å². The van der Waals surface area contributed by atoms with E-state index in [0.717, 1.165) is 25.9 Å². The Morgan fingerprint density at radius 2 is 2.18 bits per heavy atom. The summed E-state index contributed by atoms with van der Waals surface area (Å²) >= 11 is 1.72. The Hall–Kier alpha value is -1.14. The molecule has 1 fully saturated rings. The van der Waals surface area contributed by atoms with Crippen LogP contribution in [0.2, 0.25) is 0 Å². The fourth-order valence-corrected chi connectivity index (χ4v) is 3.41. The summed E-state index contributed by atoms with van der Waals surface area (Å²) in [6.07, 6.45) is 3.76. The molecular formula is C16H27N3O2S. The van der Waals surface area contributed by atoms with Crippen molar-refractivity contribution < 1.29 is 9.53 Å². The smallest absolute Gasteiger partial charge is 0.407 e. The fourth-order valence-electron chi connectivity index (χ4n) is 2.68. The van der Waals surface area contributed by atoms with Crippen LogP contribution in [0.15, 0.2) is 11.6 Å². The average molecular weight is 325 g/mol. The van der Waals surface area contributed by atoms with Crippen LogP contribution in [-0.4, -0.2) is 41.2 Å². The van der Waals surface area contributed by atoms with E-state index in [1.165, 1.54) is 5.01 Å². The van der Waals surface area contributed by atoms with Gasteiger partial charge in [0.2, 0.25) is 0 Å². The van der Waals surface area contributed by atoms with Gasteiger partial charge < -0.3 is 10.1 Å². The molecule has 0 bridgehead atoms. The Kier molecular flexibility index (Phi) is 5.81. The number of piperidine rings is 1. The minimum Gasteiger partial charge on any atom is -0.444 e. The number of carbonyl (C=O) groups excluding carboxylic acids is 1. The molecule has 0 spiro atoms. The summed E-state index contributed by atoms with van der Waals surface area (Å²) in [7, 11) is 0. The topological polar surface area (TPSA) is 54.5 Å². The van der Waals surface area contributed by atoms with Crippen LogP contribution in [0.25, 0.3) is 0 Å². The molecule has 0 radical (unpaired) electrons. The van der Waals surface area contributed by atoms with Crippen LogP contribution < -0.4 is 5.32 Å². The molecule has 1 saturated heterocycles. The molecule has 1 aliphatic rings. The second kappa shape index (κ2) is 7.42. The van der Waals surface area contributed by atoms with Crippen LogP contribution in [0.5, 0.6) is 0 Å². The van der Waals surface area contributed by atoms with E-state index in [1.807, 2.05) is 32.3 Å². The van der Waals surface area contributed by atoms with Gasteiger partial charge in [-0.15, -0.1) is 11.3 Å². The molecule has 6 heteroatoms. The van der Waals surface area contributed by atoms with E-state index in [-0.39, 0.29) is 6.09 Å². The highest BCUT2D eigenvalue weighted by Crippen LogP contribution is 2.27. The first-order valence-electron chi connectivity index (χ1n) is 7.95. The largest absolute Gasteiger partial charge is 0.444 e. The summed E-state index contributed by atoms with van der Waals surface area (Å²) in [4.78, 5) is 18.6. The minimum atomic E-state index is -0.434. The number of rotatable bonds is 4. The lowest BCUT2D eigenvalue weighted by Crippen LogP contribution is -2.41. The number of alkyl carbamates (subject to hydrolysis) is 1. The molecule has 2 rings (SSSR count). The number of hydrogen-bond acceptors (Lipinski definition) is 5. The Bertz CT molecular complexity index is 462. The molecule has 1 aliphatic heterocycles. The van der Waals surface area contributed by atoms with Crippen molar-refractivity contribution in [2.45, 2.75) is 52.2 Å². The highest BCUT2D eigenvalue weighted by Gasteiger charge is 2.25. The quantitative estimate of drug-likeness (QED) is 0.921. The molecule has 22 heavy (non-hydrogen) atoms. The lowest BCUT2D eigenvalue weighted by atomic mass is 9.96. The molecule has 1 aromatic heterocycles. The van der Waals surface area contributed by atoms with E-state index < -0.39 is 5.60 Å². The Morgan fingerprint density at radius 3 is 2.73 bits per heavy atom. The number of hydrogen-bond donors (Lipinski definition) is 1. The van der Waals surface area contributed by atoms with Crippen LogP contribution in [0.1, 0.15) is 51.6 Å². The maximum absolute atomic E-state index is 11.7. The van der Waals surface area contributed by atoms with Crippen molar-refractivity contribution in [1.29, 1.82) is 0 Å². The zero-order valence-corrected chi connectivity index (χ0v) is 14.8. The van der Waals surface area contributed by atoms with Gasteiger partial charge in [-0.1, -0.05) is 0 Å². The van der Waals surface area contributed by atoms with Gasteiger partial charge in [-0.25, -0.2) is 9.78 Å². The molecule has 0 aromatic carbocycles. The molecule has 1 atom stereocenters. The lowest BCUT2D eigenvalue weighted by molar-refractivity contribution is 0.0506. The zero-order chi connectivity index (χ0) is 16.2. The van der Waals surface area contributed by atoms with Gasteiger partial charge in [0.05, 0.1) is 6.04 Å². The first-order chi connectivity index (χ1) is 10.3. The van der Waals surface area contributed by atoms with Crippen LogP contribution in [0, 0.1) is 5.92 Å². The molecule has 1 aromatic rings. The second-order valence-corrected chi connectivity index (χ2v) is 7.83. The normalized spacial score (nSPS) is 18.9. The number of nitrogens with zero attached hydrogens (tertiary/aromatic N) is 2. The Labute approximate surface area is 137 Å². The van der Waals surface area contributed by atoms with Crippen molar-refractivity contribution in [2.24, 2.45) is 5.92 Å². The number of amides is 1. The van der Waals surface area contributed by atoms with Crippen LogP contribution in [0.3, 0.4) is 0 Å². The van der Waals surface area contributed by atoms with Crippen molar-refractivity contribution in [3.8, 4) is 0 Å². The van der Waals surface area contributed by atoms with E-state index in [4.69, 9.17) is 4.74 Å². The SMILES string of the molecule is C[C@@H](c1nccs1)N1CCC(CNC(=O)OC(C)(C)C)CC1. The van der Waals surface area contributed by atoms with Crippen LogP contribution in [0.4, 0.5) is 4.79 Å². The molecule has 2 heterocycles. The van der Waals surface area contributed by atoms with Crippen molar-refractivity contribution in [2.75, 3.05) is 19.6 Å². The molecule has 1 amide bonds. The van der Waals surface area contributed by atoms with Crippen molar-refractivity contribution >= 4 is 17.4 Å². The minimum absolute atomic E-state index is 0.314. The monoisotopic (exact) mass is 325 g/mol.